The maximum Gasteiger partial charge on any atom is 0.160 e. The highest BCUT2D eigenvalue weighted by Crippen LogP contribution is 2.49. The molecular formula is C51H36N2. The molecule has 0 unspecified atom stereocenters. The highest BCUT2D eigenvalue weighted by Gasteiger charge is 2.35. The molecule has 0 saturated heterocycles. The molecule has 2 nitrogen and oxygen atoms in total. The molecule has 0 spiro atoms. The van der Waals surface area contributed by atoms with Crippen LogP contribution in [-0.2, 0) is 5.41 Å². The van der Waals surface area contributed by atoms with E-state index in [2.05, 4.69) is 178 Å². The highest BCUT2D eigenvalue weighted by molar-refractivity contribution is 6.04. The van der Waals surface area contributed by atoms with Crippen molar-refractivity contribution in [3.63, 3.8) is 0 Å². The second-order valence-electron chi connectivity index (χ2n) is 14.6. The molecule has 1 aliphatic carbocycles. The zero-order chi connectivity index (χ0) is 35.5. The summed E-state index contributed by atoms with van der Waals surface area (Å²) in [5, 5.41) is 4.73. The Balaban J connectivity index is 1.10. The van der Waals surface area contributed by atoms with Gasteiger partial charge in [-0.15, -0.1) is 0 Å². The van der Waals surface area contributed by atoms with Crippen LogP contribution < -0.4 is 0 Å². The van der Waals surface area contributed by atoms with Crippen molar-refractivity contribution in [3.8, 4) is 67.3 Å². The molecule has 1 heterocycles. The summed E-state index contributed by atoms with van der Waals surface area (Å²) in [6.07, 6.45) is 0. The molecule has 2 heteroatoms. The standard InChI is InChI=1S/C51H36N2/c1-51(2)45-20-12-11-19-43(45)44-31-39(26-28-46(44)51)37-21-22-38-30-40(24-23-36(38)29-37)47-32-48(53-50(52-47)35-16-7-4-8-17-35)49-41-18-10-9-15-34(41)25-27-42(49)33-13-5-3-6-14-33/h3-32H,1-2H3. The van der Waals surface area contributed by atoms with Crippen LogP contribution >= 0.6 is 0 Å². The van der Waals surface area contributed by atoms with Crippen molar-refractivity contribution >= 4 is 21.5 Å². The molecule has 0 atom stereocenters. The van der Waals surface area contributed by atoms with Crippen LogP contribution in [0.25, 0.3) is 88.8 Å². The second kappa shape index (κ2) is 12.3. The van der Waals surface area contributed by atoms with E-state index < -0.39 is 0 Å². The summed E-state index contributed by atoms with van der Waals surface area (Å²) < 4.78 is 0. The lowest BCUT2D eigenvalue weighted by Crippen LogP contribution is -2.14. The van der Waals surface area contributed by atoms with Crippen molar-refractivity contribution < 1.29 is 0 Å². The lowest BCUT2D eigenvalue weighted by atomic mass is 9.82. The van der Waals surface area contributed by atoms with E-state index in [0.717, 1.165) is 39.2 Å². The maximum atomic E-state index is 5.28. The van der Waals surface area contributed by atoms with Crippen LogP contribution in [0.15, 0.2) is 182 Å². The van der Waals surface area contributed by atoms with Gasteiger partial charge in [0.25, 0.3) is 0 Å². The van der Waals surface area contributed by atoms with E-state index in [1.165, 1.54) is 54.9 Å². The number of hydrogen-bond donors (Lipinski definition) is 0. The second-order valence-corrected chi connectivity index (χ2v) is 14.6. The first-order chi connectivity index (χ1) is 26.0. The van der Waals surface area contributed by atoms with Crippen molar-refractivity contribution in [1.82, 2.24) is 9.97 Å². The van der Waals surface area contributed by atoms with Crippen LogP contribution in [0.5, 0.6) is 0 Å². The van der Waals surface area contributed by atoms with E-state index in [4.69, 9.17) is 9.97 Å². The zero-order valence-electron chi connectivity index (χ0n) is 29.7. The normalized spacial score (nSPS) is 12.9. The van der Waals surface area contributed by atoms with Gasteiger partial charge in [0.05, 0.1) is 11.4 Å². The van der Waals surface area contributed by atoms with E-state index in [1.807, 2.05) is 18.2 Å². The molecule has 250 valence electrons. The summed E-state index contributed by atoms with van der Waals surface area (Å²) in [5.74, 6) is 0.710. The fourth-order valence-electron chi connectivity index (χ4n) is 8.33. The average molecular weight is 677 g/mol. The van der Waals surface area contributed by atoms with Crippen molar-refractivity contribution in [2.45, 2.75) is 19.3 Å². The van der Waals surface area contributed by atoms with Crippen LogP contribution in [-0.4, -0.2) is 9.97 Å². The molecule has 9 aromatic rings. The van der Waals surface area contributed by atoms with Gasteiger partial charge in [0.2, 0.25) is 0 Å². The SMILES string of the molecule is CC1(C)c2ccccc2-c2cc(-c3ccc4cc(-c5cc(-c6c(-c7ccccc7)ccc7ccccc67)nc(-c6ccccc6)n5)ccc4c3)ccc21. The summed E-state index contributed by atoms with van der Waals surface area (Å²) >= 11 is 0. The van der Waals surface area contributed by atoms with Crippen molar-refractivity contribution in [2.75, 3.05) is 0 Å². The molecule has 0 saturated carbocycles. The smallest absolute Gasteiger partial charge is 0.160 e. The molecule has 8 aromatic carbocycles. The Morgan fingerprint density at radius 2 is 0.943 bits per heavy atom. The molecule has 53 heavy (non-hydrogen) atoms. The Kier molecular flexibility index (Phi) is 7.19. The van der Waals surface area contributed by atoms with Crippen LogP contribution in [0, 0.1) is 0 Å². The largest absolute Gasteiger partial charge is 0.228 e. The number of benzene rings is 8. The minimum Gasteiger partial charge on any atom is -0.228 e. The Bertz CT molecular complexity index is 2850. The van der Waals surface area contributed by atoms with Crippen molar-refractivity contribution in [3.05, 3.63) is 193 Å². The third-order valence-corrected chi connectivity index (χ3v) is 11.1. The lowest BCUT2D eigenvalue weighted by molar-refractivity contribution is 0.660. The first-order valence-corrected chi connectivity index (χ1v) is 18.3. The summed E-state index contributed by atoms with van der Waals surface area (Å²) in [6, 6.07) is 65.5. The first kappa shape index (κ1) is 31.1. The van der Waals surface area contributed by atoms with E-state index in [0.29, 0.717) is 5.82 Å². The van der Waals surface area contributed by atoms with Gasteiger partial charge in [0, 0.05) is 22.1 Å². The predicted octanol–water partition coefficient (Wildman–Crippen LogP) is 13.4. The van der Waals surface area contributed by atoms with Crippen LogP contribution in [0.4, 0.5) is 0 Å². The highest BCUT2D eigenvalue weighted by atomic mass is 14.9. The van der Waals surface area contributed by atoms with E-state index in [9.17, 15) is 0 Å². The minimum absolute atomic E-state index is 0.00218. The monoisotopic (exact) mass is 676 g/mol. The fourth-order valence-corrected chi connectivity index (χ4v) is 8.33. The number of fused-ring (bicyclic) bond motifs is 5. The van der Waals surface area contributed by atoms with Gasteiger partial charge in [0.15, 0.2) is 5.82 Å². The lowest BCUT2D eigenvalue weighted by Gasteiger charge is -2.21. The van der Waals surface area contributed by atoms with Gasteiger partial charge in [-0.05, 0) is 90.3 Å². The topological polar surface area (TPSA) is 25.8 Å². The summed E-state index contributed by atoms with van der Waals surface area (Å²) in [5.41, 5.74) is 15.2. The maximum absolute atomic E-state index is 5.28. The quantitative estimate of drug-likeness (QED) is 0.181. The van der Waals surface area contributed by atoms with Gasteiger partial charge in [-0.25, -0.2) is 9.97 Å². The van der Waals surface area contributed by atoms with Crippen LogP contribution in [0.2, 0.25) is 0 Å². The molecule has 0 N–H and O–H groups in total. The first-order valence-electron chi connectivity index (χ1n) is 18.3. The third kappa shape index (κ3) is 5.26. The van der Waals surface area contributed by atoms with Crippen molar-refractivity contribution in [2.24, 2.45) is 0 Å². The van der Waals surface area contributed by atoms with Gasteiger partial charge in [-0.2, -0.15) is 0 Å². The van der Waals surface area contributed by atoms with E-state index in [-0.39, 0.29) is 5.41 Å². The molecule has 0 bridgehead atoms. The van der Waals surface area contributed by atoms with E-state index >= 15 is 0 Å². The Morgan fingerprint density at radius 1 is 0.358 bits per heavy atom. The Hall–Kier alpha value is -6.64. The summed E-state index contributed by atoms with van der Waals surface area (Å²) in [4.78, 5) is 10.5. The summed E-state index contributed by atoms with van der Waals surface area (Å²) in [7, 11) is 0. The van der Waals surface area contributed by atoms with Gasteiger partial charge >= 0.3 is 0 Å². The van der Waals surface area contributed by atoms with Crippen LogP contribution in [0.1, 0.15) is 25.0 Å². The molecule has 0 amide bonds. The molecule has 0 fully saturated rings. The molecule has 1 aliphatic rings. The molecular weight excluding hydrogens is 641 g/mol. The van der Waals surface area contributed by atoms with Crippen molar-refractivity contribution in [1.29, 1.82) is 0 Å². The number of aromatic nitrogens is 2. The molecule has 10 rings (SSSR count). The molecule has 1 aromatic heterocycles. The summed E-state index contributed by atoms with van der Waals surface area (Å²) in [6.45, 7) is 4.66. The van der Waals surface area contributed by atoms with E-state index in [1.54, 1.807) is 0 Å². The Labute approximate surface area is 310 Å². The fraction of sp³-hybridized carbons (Fsp3) is 0.0588. The zero-order valence-corrected chi connectivity index (χ0v) is 29.7. The number of rotatable bonds is 5. The number of nitrogens with zero attached hydrogens (tertiary/aromatic N) is 2. The van der Waals surface area contributed by atoms with Crippen LogP contribution in [0.3, 0.4) is 0 Å². The minimum atomic E-state index is 0.00218. The predicted molar refractivity (Wildman–Crippen MR) is 222 cm³/mol. The average Bonchev–Trinajstić information content (AvgIpc) is 3.45. The van der Waals surface area contributed by atoms with Gasteiger partial charge in [-0.3, -0.25) is 0 Å². The van der Waals surface area contributed by atoms with Gasteiger partial charge in [0.1, 0.15) is 0 Å². The molecule has 0 radical (unpaired) electrons. The van der Waals surface area contributed by atoms with Gasteiger partial charge in [-0.1, -0.05) is 172 Å². The molecule has 0 aliphatic heterocycles. The van der Waals surface area contributed by atoms with Gasteiger partial charge < -0.3 is 0 Å². The Morgan fingerprint density at radius 3 is 1.75 bits per heavy atom. The third-order valence-electron chi connectivity index (χ3n) is 11.1. The number of hydrogen-bond acceptors (Lipinski definition) is 2.